The number of rotatable bonds is 7. The summed E-state index contributed by atoms with van der Waals surface area (Å²) in [5.74, 6) is -0.740. The number of pyridine rings is 1. The monoisotopic (exact) mass is 439 g/mol. The van der Waals surface area contributed by atoms with Crippen molar-refractivity contribution in [1.82, 2.24) is 4.98 Å². The number of methoxy groups -OCH3 is 1. The van der Waals surface area contributed by atoms with Crippen LogP contribution in [0.5, 0.6) is 0 Å². The molecule has 0 aliphatic rings. The van der Waals surface area contributed by atoms with Crippen LogP contribution in [0.1, 0.15) is 44.0 Å². The van der Waals surface area contributed by atoms with Crippen molar-refractivity contribution in [2.45, 2.75) is 12.8 Å². The lowest BCUT2D eigenvalue weighted by molar-refractivity contribution is 0.0599. The maximum atomic E-state index is 13.5. The first-order valence-corrected chi connectivity index (χ1v) is 10.6. The average molecular weight is 439 g/mol. The lowest BCUT2D eigenvalue weighted by Crippen LogP contribution is -2.08. The van der Waals surface area contributed by atoms with Crippen LogP contribution in [0.4, 0.5) is 4.39 Å². The summed E-state index contributed by atoms with van der Waals surface area (Å²) in [6.45, 7) is 0. The van der Waals surface area contributed by atoms with E-state index < -0.39 is 5.97 Å². The lowest BCUT2D eigenvalue weighted by atomic mass is 9.98. The van der Waals surface area contributed by atoms with Crippen molar-refractivity contribution in [2.75, 3.05) is 7.11 Å². The lowest BCUT2D eigenvalue weighted by Gasteiger charge is -2.07. The predicted molar refractivity (Wildman–Crippen MR) is 128 cm³/mol. The largest absolute Gasteiger partial charge is 0.465 e. The second kappa shape index (κ2) is 10.0. The molecule has 4 aromatic rings. The van der Waals surface area contributed by atoms with E-state index in [2.05, 4.69) is 4.98 Å². The van der Waals surface area contributed by atoms with Crippen molar-refractivity contribution in [3.63, 3.8) is 0 Å². The van der Waals surface area contributed by atoms with Crippen molar-refractivity contribution >= 4 is 34.8 Å². The number of fused-ring (bicyclic) bond motifs is 1. The van der Waals surface area contributed by atoms with Gasteiger partial charge in [0.2, 0.25) is 0 Å². The minimum Gasteiger partial charge on any atom is -0.465 e. The van der Waals surface area contributed by atoms with E-state index in [-0.39, 0.29) is 18.0 Å². The number of hydrogen-bond donors (Lipinski definition) is 0. The van der Waals surface area contributed by atoms with Crippen molar-refractivity contribution in [3.05, 3.63) is 113 Å². The molecule has 0 atom stereocenters. The van der Waals surface area contributed by atoms with E-state index in [0.29, 0.717) is 28.8 Å². The summed E-state index contributed by atoms with van der Waals surface area (Å²) in [5.41, 5.74) is 4.01. The zero-order valence-corrected chi connectivity index (χ0v) is 18.1. The van der Waals surface area contributed by atoms with Gasteiger partial charge in [0.25, 0.3) is 0 Å². The van der Waals surface area contributed by atoms with Crippen molar-refractivity contribution in [3.8, 4) is 0 Å². The molecule has 0 saturated heterocycles. The molecular weight excluding hydrogens is 417 g/mol. The van der Waals surface area contributed by atoms with Gasteiger partial charge in [-0.1, -0.05) is 48.5 Å². The van der Waals surface area contributed by atoms with Crippen LogP contribution in [0.25, 0.3) is 23.1 Å². The zero-order valence-electron chi connectivity index (χ0n) is 18.1. The third-order valence-electron chi connectivity index (χ3n) is 5.37. The summed E-state index contributed by atoms with van der Waals surface area (Å²) >= 11 is 0. The topological polar surface area (TPSA) is 56.3 Å². The minimum atomic E-state index is -0.407. The third kappa shape index (κ3) is 5.39. The fraction of sp³-hybridized carbons (Fsp3) is 0.107. The summed E-state index contributed by atoms with van der Waals surface area (Å²) in [5, 5.41) is 0.870. The molecule has 0 saturated carbocycles. The smallest absolute Gasteiger partial charge is 0.338 e. The Hall–Kier alpha value is -4.12. The number of carbonyl (C=O) groups excluding carboxylic acids is 2. The van der Waals surface area contributed by atoms with Gasteiger partial charge >= 0.3 is 5.97 Å². The molecule has 5 heteroatoms. The Kier molecular flexibility index (Phi) is 6.69. The molecule has 0 spiro atoms. The molecule has 0 unspecified atom stereocenters. The van der Waals surface area contributed by atoms with Crippen LogP contribution in [-0.2, 0) is 11.2 Å². The van der Waals surface area contributed by atoms with E-state index in [4.69, 9.17) is 4.74 Å². The van der Waals surface area contributed by atoms with E-state index in [9.17, 15) is 14.0 Å². The van der Waals surface area contributed by atoms with Gasteiger partial charge in [-0.2, -0.15) is 0 Å². The molecule has 3 aromatic carbocycles. The van der Waals surface area contributed by atoms with Gasteiger partial charge in [-0.3, -0.25) is 4.79 Å². The summed E-state index contributed by atoms with van der Waals surface area (Å²) in [6.07, 6.45) is 4.43. The van der Waals surface area contributed by atoms with Gasteiger partial charge in [-0.25, -0.2) is 14.2 Å². The van der Waals surface area contributed by atoms with Crippen LogP contribution in [0.2, 0.25) is 0 Å². The van der Waals surface area contributed by atoms with E-state index >= 15 is 0 Å². The zero-order chi connectivity index (χ0) is 23.2. The minimum absolute atomic E-state index is 0.00998. The van der Waals surface area contributed by atoms with Gasteiger partial charge in [0.1, 0.15) is 5.82 Å². The standard InChI is InChI=1S/C28H22FNO3/c1-33-28(32)25-8-3-2-6-20(25)12-16-27(31)22-7-4-5-19(17-22)9-14-24-15-11-21-10-13-23(29)18-26(21)30-24/h2-11,13-15,17-18H,12,16H2,1H3/b14-9+. The number of aryl methyl sites for hydroxylation is 1. The van der Waals surface area contributed by atoms with Crippen LogP contribution in [0.15, 0.2) is 78.9 Å². The molecular formula is C28H22FNO3. The molecule has 0 bridgehead atoms. The van der Waals surface area contributed by atoms with Gasteiger partial charge in [0.05, 0.1) is 23.9 Å². The summed E-state index contributed by atoms with van der Waals surface area (Å²) in [6, 6.07) is 22.8. The first kappa shape index (κ1) is 22.1. The molecule has 1 aromatic heterocycles. The van der Waals surface area contributed by atoms with Gasteiger partial charge in [-0.15, -0.1) is 0 Å². The number of hydrogen-bond acceptors (Lipinski definition) is 4. The first-order chi connectivity index (χ1) is 16.0. The fourth-order valence-electron chi connectivity index (χ4n) is 3.64. The van der Waals surface area contributed by atoms with Gasteiger partial charge in [0.15, 0.2) is 5.78 Å². The molecule has 4 rings (SSSR count). The Morgan fingerprint density at radius 3 is 2.61 bits per heavy atom. The normalized spacial score (nSPS) is 11.1. The molecule has 0 fully saturated rings. The number of carbonyl (C=O) groups is 2. The number of halogens is 1. The summed E-state index contributed by atoms with van der Waals surface area (Å²) < 4.78 is 18.3. The van der Waals surface area contributed by atoms with Crippen molar-refractivity contribution in [2.24, 2.45) is 0 Å². The number of aromatic nitrogens is 1. The van der Waals surface area contributed by atoms with Gasteiger partial charge in [0, 0.05) is 23.4 Å². The first-order valence-electron chi connectivity index (χ1n) is 10.6. The Bertz CT molecular complexity index is 1360. The Labute approximate surface area is 191 Å². The molecule has 0 aliphatic heterocycles. The second-order valence-corrected chi connectivity index (χ2v) is 7.60. The molecule has 0 N–H and O–H groups in total. The number of esters is 1. The van der Waals surface area contributed by atoms with E-state index in [1.807, 2.05) is 54.6 Å². The highest BCUT2D eigenvalue weighted by molar-refractivity contribution is 5.97. The van der Waals surface area contributed by atoms with Gasteiger partial charge in [-0.05, 0) is 54.0 Å². The molecule has 0 radical (unpaired) electrons. The summed E-state index contributed by atoms with van der Waals surface area (Å²) in [7, 11) is 1.34. The van der Waals surface area contributed by atoms with Crippen LogP contribution in [-0.4, -0.2) is 23.8 Å². The van der Waals surface area contributed by atoms with E-state index in [1.54, 1.807) is 24.3 Å². The van der Waals surface area contributed by atoms with Crippen LogP contribution < -0.4 is 0 Å². The highest BCUT2D eigenvalue weighted by Crippen LogP contribution is 2.18. The van der Waals surface area contributed by atoms with Crippen molar-refractivity contribution in [1.29, 1.82) is 0 Å². The maximum absolute atomic E-state index is 13.5. The van der Waals surface area contributed by atoms with E-state index in [0.717, 1.165) is 16.5 Å². The SMILES string of the molecule is COC(=O)c1ccccc1CCC(=O)c1cccc(/C=C/c2ccc3ccc(F)cc3n2)c1. The predicted octanol–water partition coefficient (Wildman–Crippen LogP) is 6.15. The average Bonchev–Trinajstić information content (AvgIpc) is 2.85. The highest BCUT2D eigenvalue weighted by Gasteiger charge is 2.13. The molecule has 0 amide bonds. The van der Waals surface area contributed by atoms with Crippen LogP contribution >= 0.6 is 0 Å². The van der Waals surface area contributed by atoms with E-state index in [1.165, 1.54) is 19.2 Å². The van der Waals surface area contributed by atoms with Crippen molar-refractivity contribution < 1.29 is 18.7 Å². The number of ether oxygens (including phenoxy) is 1. The Morgan fingerprint density at radius 1 is 0.939 bits per heavy atom. The third-order valence-corrected chi connectivity index (χ3v) is 5.37. The Morgan fingerprint density at radius 2 is 1.76 bits per heavy atom. The molecule has 33 heavy (non-hydrogen) atoms. The highest BCUT2D eigenvalue weighted by atomic mass is 19.1. The molecule has 164 valence electrons. The molecule has 0 aliphatic carbocycles. The second-order valence-electron chi connectivity index (χ2n) is 7.60. The maximum Gasteiger partial charge on any atom is 0.338 e. The van der Waals surface area contributed by atoms with Crippen LogP contribution in [0, 0.1) is 5.82 Å². The Balaban J connectivity index is 1.47. The number of ketones is 1. The quantitative estimate of drug-likeness (QED) is 0.256. The summed E-state index contributed by atoms with van der Waals surface area (Å²) in [4.78, 5) is 29.2. The molecule has 1 heterocycles. The van der Waals surface area contributed by atoms with Crippen LogP contribution in [0.3, 0.4) is 0 Å². The molecule has 4 nitrogen and oxygen atoms in total. The fourth-order valence-corrected chi connectivity index (χ4v) is 3.64. The number of Topliss-reactive ketones (excluding diaryl/α,β-unsaturated/α-hetero) is 1. The van der Waals surface area contributed by atoms with Gasteiger partial charge < -0.3 is 4.74 Å². The number of nitrogens with zero attached hydrogens (tertiary/aromatic N) is 1. The number of benzene rings is 3.